The minimum atomic E-state index is -3.85. The van der Waals surface area contributed by atoms with E-state index in [2.05, 4.69) is 11.9 Å². The second-order valence-electron chi connectivity index (χ2n) is 5.20. The quantitative estimate of drug-likeness (QED) is 0.785. The van der Waals surface area contributed by atoms with Gasteiger partial charge >= 0.3 is 0 Å². The van der Waals surface area contributed by atoms with Crippen molar-refractivity contribution in [2.75, 3.05) is 17.4 Å². The van der Waals surface area contributed by atoms with Gasteiger partial charge in [0.1, 0.15) is 6.54 Å². The second kappa shape index (κ2) is 7.79. The number of carbonyl (C=O) groups excluding carboxylic acids is 1. The van der Waals surface area contributed by atoms with Crippen molar-refractivity contribution in [3.63, 3.8) is 0 Å². The molecular weight excluding hydrogens is 324 g/mol. The molecule has 0 aromatic heterocycles. The van der Waals surface area contributed by atoms with Crippen molar-refractivity contribution in [3.8, 4) is 0 Å². The van der Waals surface area contributed by atoms with E-state index in [0.29, 0.717) is 5.69 Å². The van der Waals surface area contributed by atoms with Gasteiger partial charge in [-0.15, -0.1) is 6.58 Å². The van der Waals surface area contributed by atoms with Gasteiger partial charge in [0.25, 0.3) is 10.0 Å². The summed E-state index contributed by atoms with van der Waals surface area (Å²) in [6.45, 7) is 5.33. The maximum absolute atomic E-state index is 13.0. The highest BCUT2D eigenvalue weighted by Gasteiger charge is 2.27. The van der Waals surface area contributed by atoms with Crippen LogP contribution < -0.4 is 9.62 Å². The highest BCUT2D eigenvalue weighted by Crippen LogP contribution is 2.26. The van der Waals surface area contributed by atoms with Crippen molar-refractivity contribution in [1.82, 2.24) is 5.32 Å². The monoisotopic (exact) mass is 344 g/mol. The molecule has 0 atom stereocenters. The lowest BCUT2D eigenvalue weighted by molar-refractivity contribution is -0.119. The molecule has 0 aliphatic carbocycles. The predicted molar refractivity (Wildman–Crippen MR) is 95.4 cm³/mol. The number of nitrogens with one attached hydrogen (secondary N) is 1. The Balaban J connectivity index is 2.45. The average molecular weight is 344 g/mol. The van der Waals surface area contributed by atoms with Crippen LogP contribution in [0.3, 0.4) is 0 Å². The summed E-state index contributed by atoms with van der Waals surface area (Å²) in [7, 11) is -3.85. The van der Waals surface area contributed by atoms with Crippen LogP contribution in [0.4, 0.5) is 5.69 Å². The Morgan fingerprint density at radius 2 is 1.75 bits per heavy atom. The Bertz CT molecular complexity index is 817. The number of hydrogen-bond donors (Lipinski definition) is 1. The summed E-state index contributed by atoms with van der Waals surface area (Å²) in [6, 6.07) is 15.2. The fourth-order valence-electron chi connectivity index (χ4n) is 2.23. The van der Waals surface area contributed by atoms with E-state index < -0.39 is 15.9 Å². The topological polar surface area (TPSA) is 66.5 Å². The summed E-state index contributed by atoms with van der Waals surface area (Å²) in [5.74, 6) is -0.391. The number of carbonyl (C=O) groups is 1. The van der Waals surface area contributed by atoms with Gasteiger partial charge in [0.05, 0.1) is 10.6 Å². The molecule has 0 bridgehead atoms. The van der Waals surface area contributed by atoms with Crippen LogP contribution in [-0.2, 0) is 14.8 Å². The van der Waals surface area contributed by atoms with Crippen LogP contribution in [0.5, 0.6) is 0 Å². The van der Waals surface area contributed by atoms with E-state index in [9.17, 15) is 13.2 Å². The van der Waals surface area contributed by atoms with Crippen LogP contribution in [0.2, 0.25) is 0 Å². The Morgan fingerprint density at radius 3 is 2.38 bits per heavy atom. The summed E-state index contributed by atoms with van der Waals surface area (Å²) in [6.07, 6.45) is 1.54. The number of anilines is 1. The Hall–Kier alpha value is -2.60. The lowest BCUT2D eigenvalue weighted by Crippen LogP contribution is -2.41. The number of amides is 1. The third-order valence-corrected chi connectivity index (χ3v) is 5.22. The smallest absolute Gasteiger partial charge is 0.264 e. The highest BCUT2D eigenvalue weighted by molar-refractivity contribution is 7.92. The first-order valence-electron chi connectivity index (χ1n) is 7.48. The molecule has 0 heterocycles. The van der Waals surface area contributed by atoms with E-state index in [1.165, 1.54) is 12.1 Å². The Kier molecular flexibility index (Phi) is 5.76. The van der Waals surface area contributed by atoms with E-state index >= 15 is 0 Å². The maximum atomic E-state index is 13.0. The zero-order valence-electron chi connectivity index (χ0n) is 13.5. The van der Waals surface area contributed by atoms with E-state index in [0.717, 1.165) is 9.87 Å². The van der Waals surface area contributed by atoms with Gasteiger partial charge in [0.2, 0.25) is 5.91 Å². The van der Waals surface area contributed by atoms with Gasteiger partial charge in [-0.1, -0.05) is 42.5 Å². The number of benzene rings is 2. The Labute approximate surface area is 142 Å². The van der Waals surface area contributed by atoms with Crippen LogP contribution in [0, 0.1) is 6.92 Å². The summed E-state index contributed by atoms with van der Waals surface area (Å²) >= 11 is 0. The zero-order chi connectivity index (χ0) is 17.6. The van der Waals surface area contributed by atoms with E-state index in [1.54, 1.807) is 36.4 Å². The zero-order valence-corrected chi connectivity index (χ0v) is 14.3. The van der Waals surface area contributed by atoms with Gasteiger partial charge in [0, 0.05) is 6.54 Å². The lowest BCUT2D eigenvalue weighted by atomic mass is 10.2. The van der Waals surface area contributed by atoms with E-state index in [1.807, 2.05) is 19.1 Å². The molecule has 0 saturated carbocycles. The summed E-state index contributed by atoms with van der Waals surface area (Å²) in [4.78, 5) is 12.3. The first-order chi connectivity index (χ1) is 11.5. The van der Waals surface area contributed by atoms with Gasteiger partial charge < -0.3 is 5.32 Å². The lowest BCUT2D eigenvalue weighted by Gasteiger charge is -2.25. The van der Waals surface area contributed by atoms with Crippen LogP contribution in [0.15, 0.2) is 72.1 Å². The van der Waals surface area contributed by atoms with E-state index in [4.69, 9.17) is 0 Å². The van der Waals surface area contributed by atoms with Gasteiger partial charge in [-0.3, -0.25) is 9.10 Å². The highest BCUT2D eigenvalue weighted by atomic mass is 32.2. The van der Waals surface area contributed by atoms with Crippen LogP contribution >= 0.6 is 0 Å². The molecule has 0 fully saturated rings. The minimum Gasteiger partial charge on any atom is -0.351 e. The molecule has 2 aromatic carbocycles. The molecular formula is C18H20N2O3S. The normalized spacial score (nSPS) is 10.9. The molecule has 0 aliphatic rings. The molecule has 0 aliphatic heterocycles. The molecule has 2 rings (SSSR count). The number of para-hydroxylation sites is 1. The molecule has 6 heteroatoms. The van der Waals surface area contributed by atoms with Crippen molar-refractivity contribution >= 4 is 21.6 Å². The first kappa shape index (κ1) is 17.7. The largest absolute Gasteiger partial charge is 0.351 e. The van der Waals surface area contributed by atoms with Crippen molar-refractivity contribution in [2.24, 2.45) is 0 Å². The van der Waals surface area contributed by atoms with Crippen molar-refractivity contribution in [1.29, 1.82) is 0 Å². The van der Waals surface area contributed by atoms with Gasteiger partial charge in [-0.25, -0.2) is 8.42 Å². The second-order valence-corrected chi connectivity index (χ2v) is 7.07. The van der Waals surface area contributed by atoms with Crippen molar-refractivity contribution in [3.05, 3.63) is 72.8 Å². The number of rotatable bonds is 7. The molecule has 0 spiro atoms. The number of sulfonamides is 1. The minimum absolute atomic E-state index is 0.143. The predicted octanol–water partition coefficient (Wildman–Crippen LogP) is 2.49. The molecule has 0 radical (unpaired) electrons. The number of hydrogen-bond acceptors (Lipinski definition) is 3. The van der Waals surface area contributed by atoms with Crippen LogP contribution in [-0.4, -0.2) is 27.4 Å². The summed E-state index contributed by atoms with van der Waals surface area (Å²) in [5.41, 5.74) is 1.25. The van der Waals surface area contributed by atoms with Crippen LogP contribution in [0.25, 0.3) is 0 Å². The summed E-state index contributed by atoms with van der Waals surface area (Å²) in [5, 5.41) is 2.61. The molecule has 0 saturated heterocycles. The molecule has 126 valence electrons. The SMILES string of the molecule is C=CCNC(=O)CN(c1ccccc1C)S(=O)(=O)c1ccccc1. The fourth-order valence-corrected chi connectivity index (χ4v) is 3.74. The van der Waals surface area contributed by atoms with Crippen LogP contribution in [0.1, 0.15) is 5.56 Å². The molecule has 1 amide bonds. The molecule has 1 N–H and O–H groups in total. The number of aryl methyl sites for hydroxylation is 1. The molecule has 24 heavy (non-hydrogen) atoms. The third kappa shape index (κ3) is 4.02. The Morgan fingerprint density at radius 1 is 1.12 bits per heavy atom. The van der Waals surface area contributed by atoms with Gasteiger partial charge in [-0.05, 0) is 30.7 Å². The first-order valence-corrected chi connectivity index (χ1v) is 8.92. The van der Waals surface area contributed by atoms with Gasteiger partial charge in [0.15, 0.2) is 0 Å². The van der Waals surface area contributed by atoms with Gasteiger partial charge in [-0.2, -0.15) is 0 Å². The summed E-state index contributed by atoms with van der Waals surface area (Å²) < 4.78 is 27.2. The molecule has 0 unspecified atom stereocenters. The standard InChI is InChI=1S/C18H20N2O3S/c1-3-13-19-18(21)14-20(17-12-8-7-9-15(17)2)24(22,23)16-10-5-4-6-11-16/h3-12H,1,13-14H2,2H3,(H,19,21). The fraction of sp³-hybridized carbons (Fsp3) is 0.167. The number of nitrogens with zero attached hydrogens (tertiary/aromatic N) is 1. The van der Waals surface area contributed by atoms with E-state index in [-0.39, 0.29) is 18.0 Å². The molecule has 5 nitrogen and oxygen atoms in total. The third-order valence-electron chi connectivity index (χ3n) is 3.45. The molecule has 2 aromatic rings. The average Bonchev–Trinajstić information content (AvgIpc) is 2.59. The maximum Gasteiger partial charge on any atom is 0.264 e. The van der Waals surface area contributed by atoms with Crippen molar-refractivity contribution in [2.45, 2.75) is 11.8 Å². The van der Waals surface area contributed by atoms with Crippen molar-refractivity contribution < 1.29 is 13.2 Å².